The van der Waals surface area contributed by atoms with E-state index in [1.807, 2.05) is 6.07 Å². The molecular formula is C14H22N4O2. The van der Waals surface area contributed by atoms with Gasteiger partial charge in [0.2, 0.25) is 0 Å². The second-order valence-corrected chi connectivity index (χ2v) is 4.94. The van der Waals surface area contributed by atoms with Crippen LogP contribution in [0, 0.1) is 0 Å². The van der Waals surface area contributed by atoms with Crippen LogP contribution in [0.25, 0.3) is 0 Å². The highest BCUT2D eigenvalue weighted by atomic mass is 16.3. The molecule has 0 unspecified atom stereocenters. The summed E-state index contributed by atoms with van der Waals surface area (Å²) in [7, 11) is 0. The molecule has 20 heavy (non-hydrogen) atoms. The van der Waals surface area contributed by atoms with Gasteiger partial charge in [-0.25, -0.2) is 4.79 Å². The van der Waals surface area contributed by atoms with Crippen LogP contribution < -0.4 is 5.32 Å². The highest BCUT2D eigenvalue weighted by Crippen LogP contribution is 2.11. The quantitative estimate of drug-likeness (QED) is 0.862. The largest absolute Gasteiger partial charge is 0.395 e. The predicted octanol–water partition coefficient (Wildman–Crippen LogP) is 1.00. The predicted molar refractivity (Wildman–Crippen MR) is 77.6 cm³/mol. The smallest absolute Gasteiger partial charge is 0.321 e. The fourth-order valence-corrected chi connectivity index (χ4v) is 2.43. The van der Waals surface area contributed by atoms with Crippen molar-refractivity contribution < 1.29 is 9.90 Å². The number of aromatic nitrogens is 1. The number of carbonyl (C=O) groups excluding carboxylic acids is 1. The highest BCUT2D eigenvalue weighted by Gasteiger charge is 2.24. The van der Waals surface area contributed by atoms with Gasteiger partial charge in [0, 0.05) is 38.4 Å². The van der Waals surface area contributed by atoms with Crippen molar-refractivity contribution in [3.63, 3.8) is 0 Å². The maximum Gasteiger partial charge on any atom is 0.321 e. The summed E-state index contributed by atoms with van der Waals surface area (Å²) in [6.45, 7) is 5.23. The van der Waals surface area contributed by atoms with Gasteiger partial charge in [-0.2, -0.15) is 0 Å². The number of piperazine rings is 1. The third-order valence-corrected chi connectivity index (χ3v) is 3.71. The normalized spacial score (nSPS) is 17.8. The number of hydrogen-bond donors (Lipinski definition) is 2. The monoisotopic (exact) mass is 278 g/mol. The molecule has 2 heterocycles. The van der Waals surface area contributed by atoms with Gasteiger partial charge in [-0.1, -0.05) is 6.92 Å². The number of hydrogen-bond acceptors (Lipinski definition) is 4. The molecule has 6 heteroatoms. The number of amides is 2. The van der Waals surface area contributed by atoms with E-state index in [-0.39, 0.29) is 18.7 Å². The van der Waals surface area contributed by atoms with Gasteiger partial charge in [-0.3, -0.25) is 9.88 Å². The number of anilines is 1. The lowest BCUT2D eigenvalue weighted by molar-refractivity contribution is 0.0766. The molecule has 110 valence electrons. The summed E-state index contributed by atoms with van der Waals surface area (Å²) < 4.78 is 0. The molecule has 0 radical (unpaired) electrons. The van der Waals surface area contributed by atoms with Gasteiger partial charge in [-0.05, 0) is 18.6 Å². The molecule has 1 aliphatic rings. The van der Waals surface area contributed by atoms with E-state index in [0.717, 1.165) is 19.5 Å². The van der Waals surface area contributed by atoms with Crippen molar-refractivity contribution >= 4 is 11.7 Å². The molecule has 0 saturated carbocycles. The Kier molecular flexibility index (Phi) is 5.31. The van der Waals surface area contributed by atoms with E-state index >= 15 is 0 Å². The SMILES string of the molecule is CC[C@H](CO)N1CCN(C(=O)Nc2cccnc2)CC1. The first-order valence-electron chi connectivity index (χ1n) is 7.05. The summed E-state index contributed by atoms with van der Waals surface area (Å²) >= 11 is 0. The molecule has 1 aromatic rings. The number of rotatable bonds is 4. The van der Waals surface area contributed by atoms with Crippen LogP contribution in [0.5, 0.6) is 0 Å². The van der Waals surface area contributed by atoms with Crippen molar-refractivity contribution in [1.29, 1.82) is 0 Å². The molecule has 0 aromatic carbocycles. The van der Waals surface area contributed by atoms with Crippen molar-refractivity contribution in [2.75, 3.05) is 38.1 Å². The first-order valence-corrected chi connectivity index (χ1v) is 7.05. The molecule has 2 amide bonds. The molecule has 1 atom stereocenters. The maximum atomic E-state index is 12.1. The lowest BCUT2D eigenvalue weighted by Crippen LogP contribution is -2.53. The van der Waals surface area contributed by atoms with Crippen LogP contribution in [0.15, 0.2) is 24.5 Å². The van der Waals surface area contributed by atoms with Gasteiger partial charge < -0.3 is 15.3 Å². The maximum absolute atomic E-state index is 12.1. The summed E-state index contributed by atoms with van der Waals surface area (Å²) in [4.78, 5) is 20.1. The van der Waals surface area contributed by atoms with Crippen LogP contribution in [0.3, 0.4) is 0 Å². The van der Waals surface area contributed by atoms with E-state index in [9.17, 15) is 9.90 Å². The van der Waals surface area contributed by atoms with Crippen molar-refractivity contribution in [2.45, 2.75) is 19.4 Å². The summed E-state index contributed by atoms with van der Waals surface area (Å²) in [6.07, 6.45) is 4.24. The molecule has 1 saturated heterocycles. The number of nitrogens with one attached hydrogen (secondary N) is 1. The van der Waals surface area contributed by atoms with Crippen LogP contribution in [-0.4, -0.2) is 64.7 Å². The van der Waals surface area contributed by atoms with E-state index in [4.69, 9.17) is 0 Å². The van der Waals surface area contributed by atoms with Gasteiger partial charge >= 0.3 is 6.03 Å². The van der Waals surface area contributed by atoms with Crippen molar-refractivity contribution in [2.24, 2.45) is 0 Å². The zero-order valence-electron chi connectivity index (χ0n) is 11.8. The van der Waals surface area contributed by atoms with Gasteiger partial charge in [0.15, 0.2) is 0 Å². The Hall–Kier alpha value is -1.66. The zero-order valence-corrected chi connectivity index (χ0v) is 11.8. The molecule has 1 aromatic heterocycles. The lowest BCUT2D eigenvalue weighted by Gasteiger charge is -2.38. The third kappa shape index (κ3) is 3.68. The standard InChI is InChI=1S/C14H22N4O2/c1-2-13(11-19)17-6-8-18(9-7-17)14(20)16-12-4-3-5-15-10-12/h3-5,10,13,19H,2,6-9,11H2,1H3,(H,16,20)/t13-/m1/s1. The second-order valence-electron chi connectivity index (χ2n) is 4.94. The van der Waals surface area contributed by atoms with E-state index < -0.39 is 0 Å². The van der Waals surface area contributed by atoms with Crippen LogP contribution in [0.2, 0.25) is 0 Å². The minimum Gasteiger partial charge on any atom is -0.395 e. The second kappa shape index (κ2) is 7.21. The zero-order chi connectivity index (χ0) is 14.4. The Morgan fingerprint density at radius 2 is 2.20 bits per heavy atom. The first kappa shape index (κ1) is 14.7. The van der Waals surface area contributed by atoms with Crippen LogP contribution in [-0.2, 0) is 0 Å². The number of urea groups is 1. The molecular weight excluding hydrogens is 256 g/mol. The Balaban J connectivity index is 1.83. The Labute approximate surface area is 119 Å². The van der Waals surface area contributed by atoms with Crippen LogP contribution in [0.4, 0.5) is 10.5 Å². The summed E-state index contributed by atoms with van der Waals surface area (Å²) in [5.74, 6) is 0. The highest BCUT2D eigenvalue weighted by molar-refractivity contribution is 5.89. The molecule has 0 bridgehead atoms. The van der Waals surface area contributed by atoms with E-state index in [1.165, 1.54) is 0 Å². The van der Waals surface area contributed by atoms with E-state index in [1.54, 1.807) is 23.4 Å². The van der Waals surface area contributed by atoms with E-state index in [0.29, 0.717) is 18.8 Å². The van der Waals surface area contributed by atoms with Gasteiger partial charge in [-0.15, -0.1) is 0 Å². The molecule has 2 rings (SSSR count). The number of pyridine rings is 1. The molecule has 1 fully saturated rings. The van der Waals surface area contributed by atoms with Gasteiger partial charge in [0.25, 0.3) is 0 Å². The Morgan fingerprint density at radius 3 is 2.75 bits per heavy atom. The lowest BCUT2D eigenvalue weighted by atomic mass is 10.2. The number of aliphatic hydroxyl groups excluding tert-OH is 1. The van der Waals surface area contributed by atoms with Gasteiger partial charge in [0.1, 0.15) is 0 Å². The van der Waals surface area contributed by atoms with E-state index in [2.05, 4.69) is 22.1 Å². The number of carbonyl (C=O) groups is 1. The third-order valence-electron chi connectivity index (χ3n) is 3.71. The molecule has 0 spiro atoms. The average Bonchev–Trinajstić information content (AvgIpc) is 2.50. The molecule has 0 aliphatic carbocycles. The molecule has 6 nitrogen and oxygen atoms in total. The molecule has 2 N–H and O–H groups in total. The number of nitrogens with zero attached hydrogens (tertiary/aromatic N) is 3. The van der Waals surface area contributed by atoms with Gasteiger partial charge in [0.05, 0.1) is 18.5 Å². The first-order chi connectivity index (χ1) is 9.74. The average molecular weight is 278 g/mol. The van der Waals surface area contributed by atoms with Crippen molar-refractivity contribution in [1.82, 2.24) is 14.8 Å². The summed E-state index contributed by atoms with van der Waals surface area (Å²) in [5, 5.41) is 12.1. The summed E-state index contributed by atoms with van der Waals surface area (Å²) in [6, 6.07) is 3.73. The van der Waals surface area contributed by atoms with Crippen LogP contribution in [0.1, 0.15) is 13.3 Å². The Morgan fingerprint density at radius 1 is 1.45 bits per heavy atom. The minimum absolute atomic E-state index is 0.0882. The number of aliphatic hydroxyl groups is 1. The molecule has 1 aliphatic heterocycles. The summed E-state index contributed by atoms with van der Waals surface area (Å²) in [5.41, 5.74) is 0.710. The van der Waals surface area contributed by atoms with Crippen molar-refractivity contribution in [3.8, 4) is 0 Å². The topological polar surface area (TPSA) is 68.7 Å². The Bertz CT molecular complexity index is 414. The fourth-order valence-electron chi connectivity index (χ4n) is 2.43. The van der Waals surface area contributed by atoms with Crippen molar-refractivity contribution in [3.05, 3.63) is 24.5 Å². The fraction of sp³-hybridized carbons (Fsp3) is 0.571. The van der Waals surface area contributed by atoms with Crippen LogP contribution >= 0.6 is 0 Å². The minimum atomic E-state index is -0.0882.